The van der Waals surface area contributed by atoms with Crippen molar-refractivity contribution in [2.24, 2.45) is 0 Å². The van der Waals surface area contributed by atoms with Crippen LogP contribution in [0.15, 0.2) is 18.2 Å². The van der Waals surface area contributed by atoms with Crippen LogP contribution in [0, 0.1) is 0 Å². The molecule has 0 aromatic heterocycles. The van der Waals surface area contributed by atoms with Crippen LogP contribution in [0.5, 0.6) is 0 Å². The van der Waals surface area contributed by atoms with Gasteiger partial charge in [-0.25, -0.2) is 0 Å². The number of benzene rings is 1. The Labute approximate surface area is 133 Å². The molecular weight excluding hydrogens is 284 g/mol. The summed E-state index contributed by atoms with van der Waals surface area (Å²) in [5, 5.41) is 3.33. The molecule has 0 radical (unpaired) electrons. The van der Waals surface area contributed by atoms with Crippen molar-refractivity contribution in [3.63, 3.8) is 0 Å². The number of carbonyl (C=O) groups is 1. The van der Waals surface area contributed by atoms with E-state index in [4.69, 9.17) is 0 Å². The van der Waals surface area contributed by atoms with E-state index >= 15 is 0 Å². The zero-order valence-corrected chi connectivity index (χ0v) is 13.5. The lowest BCUT2D eigenvalue weighted by atomic mass is 9.90. The van der Waals surface area contributed by atoms with E-state index in [9.17, 15) is 4.79 Å². The third-order valence-corrected chi connectivity index (χ3v) is 4.59. The maximum Gasteiger partial charge on any atom is 0.227 e. The maximum absolute atomic E-state index is 12.4. The van der Waals surface area contributed by atoms with Gasteiger partial charge in [0.15, 0.2) is 0 Å². The number of rotatable bonds is 2. The molecule has 1 heterocycles. The van der Waals surface area contributed by atoms with Crippen molar-refractivity contribution in [1.29, 1.82) is 0 Å². The van der Waals surface area contributed by atoms with Gasteiger partial charge in [-0.2, -0.15) is 0 Å². The Morgan fingerprint density at radius 3 is 2.81 bits per heavy atom. The molecule has 1 aliphatic heterocycles. The summed E-state index contributed by atoms with van der Waals surface area (Å²) in [5.74, 6) is 0.273. The molecule has 21 heavy (non-hydrogen) atoms. The number of fused-ring (bicyclic) bond motifs is 1. The van der Waals surface area contributed by atoms with Crippen molar-refractivity contribution in [2.75, 3.05) is 19.6 Å². The zero-order chi connectivity index (χ0) is 13.9. The zero-order valence-electron chi connectivity index (χ0n) is 12.7. The van der Waals surface area contributed by atoms with Crippen LogP contribution in [0.25, 0.3) is 0 Å². The summed E-state index contributed by atoms with van der Waals surface area (Å²) in [6.45, 7) is 4.79. The minimum atomic E-state index is 0. The van der Waals surface area contributed by atoms with Crippen LogP contribution in [0.1, 0.15) is 36.5 Å². The van der Waals surface area contributed by atoms with E-state index in [0.29, 0.717) is 12.5 Å². The van der Waals surface area contributed by atoms with Crippen LogP contribution < -0.4 is 5.32 Å². The lowest BCUT2D eigenvalue weighted by molar-refractivity contribution is -0.133. The molecule has 3 nitrogen and oxygen atoms in total. The molecule has 1 aromatic rings. The SMILES string of the molecule is CC1CNCCN1C(=O)Cc1ccc2c(c1)CCCC2.Cl. The number of aryl methyl sites for hydroxylation is 2. The topological polar surface area (TPSA) is 32.3 Å². The van der Waals surface area contributed by atoms with E-state index in [0.717, 1.165) is 19.6 Å². The second kappa shape index (κ2) is 7.28. The highest BCUT2D eigenvalue weighted by atomic mass is 35.5. The normalized spacial score (nSPS) is 21.4. The van der Waals surface area contributed by atoms with Crippen molar-refractivity contribution < 1.29 is 4.79 Å². The van der Waals surface area contributed by atoms with Crippen LogP contribution in [-0.4, -0.2) is 36.5 Å². The average molecular weight is 309 g/mol. The summed E-state index contributed by atoms with van der Waals surface area (Å²) in [5.41, 5.74) is 4.14. The molecule has 4 heteroatoms. The molecule has 0 saturated carbocycles. The number of nitrogens with zero attached hydrogens (tertiary/aromatic N) is 1. The second-order valence-corrected chi connectivity index (χ2v) is 6.13. The molecule has 0 spiro atoms. The molecule has 1 aliphatic carbocycles. The van der Waals surface area contributed by atoms with Crippen molar-refractivity contribution in [1.82, 2.24) is 10.2 Å². The van der Waals surface area contributed by atoms with Gasteiger partial charge in [0.2, 0.25) is 5.91 Å². The Kier molecular flexibility index (Phi) is 5.65. The number of nitrogens with one attached hydrogen (secondary N) is 1. The number of carbonyl (C=O) groups excluding carboxylic acids is 1. The standard InChI is InChI=1S/C17H24N2O.ClH/c1-13-12-18-8-9-19(13)17(20)11-14-6-7-15-4-2-3-5-16(15)10-14;/h6-7,10,13,18H,2-5,8-9,11-12H2,1H3;1H. The van der Waals surface area contributed by atoms with E-state index in [-0.39, 0.29) is 18.3 Å². The minimum Gasteiger partial charge on any atom is -0.337 e. The van der Waals surface area contributed by atoms with Gasteiger partial charge in [0.05, 0.1) is 6.42 Å². The monoisotopic (exact) mass is 308 g/mol. The Morgan fingerprint density at radius 1 is 1.29 bits per heavy atom. The number of amides is 1. The molecule has 1 unspecified atom stereocenters. The largest absolute Gasteiger partial charge is 0.337 e. The number of hydrogen-bond acceptors (Lipinski definition) is 2. The van der Waals surface area contributed by atoms with Gasteiger partial charge in [0.25, 0.3) is 0 Å². The molecular formula is C17H25ClN2O. The average Bonchev–Trinajstić information content (AvgIpc) is 2.47. The number of halogens is 1. The molecule has 1 saturated heterocycles. The summed E-state index contributed by atoms with van der Waals surface area (Å²) in [7, 11) is 0. The van der Waals surface area contributed by atoms with Crippen molar-refractivity contribution in [3.8, 4) is 0 Å². The van der Waals surface area contributed by atoms with Gasteiger partial charge in [-0.05, 0) is 49.3 Å². The van der Waals surface area contributed by atoms with E-state index in [1.54, 1.807) is 0 Å². The third kappa shape index (κ3) is 3.78. The van der Waals surface area contributed by atoms with Crippen molar-refractivity contribution in [3.05, 3.63) is 34.9 Å². The lowest BCUT2D eigenvalue weighted by Gasteiger charge is -2.34. The summed E-state index contributed by atoms with van der Waals surface area (Å²) in [6.07, 6.45) is 5.54. The predicted octanol–water partition coefficient (Wildman–Crippen LogP) is 2.35. The number of piperazine rings is 1. The smallest absolute Gasteiger partial charge is 0.227 e. The molecule has 3 rings (SSSR count). The summed E-state index contributed by atoms with van der Waals surface area (Å²) < 4.78 is 0. The second-order valence-electron chi connectivity index (χ2n) is 6.13. The first kappa shape index (κ1) is 16.3. The molecule has 1 N–H and O–H groups in total. The van der Waals surface area contributed by atoms with Crippen LogP contribution in [0.4, 0.5) is 0 Å². The van der Waals surface area contributed by atoms with Gasteiger partial charge in [-0.3, -0.25) is 4.79 Å². The Morgan fingerprint density at radius 2 is 2.05 bits per heavy atom. The van der Waals surface area contributed by atoms with E-state index < -0.39 is 0 Å². The van der Waals surface area contributed by atoms with Crippen LogP contribution in [-0.2, 0) is 24.1 Å². The van der Waals surface area contributed by atoms with E-state index in [1.807, 2.05) is 4.90 Å². The van der Waals surface area contributed by atoms with Crippen LogP contribution >= 0.6 is 12.4 Å². The highest BCUT2D eigenvalue weighted by Gasteiger charge is 2.23. The van der Waals surface area contributed by atoms with Gasteiger partial charge < -0.3 is 10.2 Å². The Bertz CT molecular complexity index is 504. The third-order valence-electron chi connectivity index (χ3n) is 4.59. The van der Waals surface area contributed by atoms with Gasteiger partial charge in [0.1, 0.15) is 0 Å². The first-order valence-corrected chi connectivity index (χ1v) is 7.85. The van der Waals surface area contributed by atoms with Crippen molar-refractivity contribution in [2.45, 2.75) is 45.1 Å². The van der Waals surface area contributed by atoms with Gasteiger partial charge in [0, 0.05) is 25.7 Å². The van der Waals surface area contributed by atoms with Gasteiger partial charge >= 0.3 is 0 Å². The van der Waals surface area contributed by atoms with E-state index in [2.05, 4.69) is 30.4 Å². The first-order chi connectivity index (χ1) is 9.74. The molecule has 1 atom stereocenters. The lowest BCUT2D eigenvalue weighted by Crippen LogP contribution is -2.52. The quantitative estimate of drug-likeness (QED) is 0.909. The van der Waals surface area contributed by atoms with E-state index in [1.165, 1.54) is 42.4 Å². The molecule has 2 aliphatic rings. The fraction of sp³-hybridized carbons (Fsp3) is 0.588. The fourth-order valence-corrected chi connectivity index (χ4v) is 3.38. The van der Waals surface area contributed by atoms with Gasteiger partial charge in [-0.1, -0.05) is 18.2 Å². The van der Waals surface area contributed by atoms with Crippen molar-refractivity contribution >= 4 is 18.3 Å². The summed E-state index contributed by atoms with van der Waals surface area (Å²) in [4.78, 5) is 14.5. The highest BCUT2D eigenvalue weighted by molar-refractivity contribution is 5.85. The van der Waals surface area contributed by atoms with Crippen LogP contribution in [0.2, 0.25) is 0 Å². The Balaban J connectivity index is 0.00000161. The molecule has 1 amide bonds. The van der Waals surface area contributed by atoms with Gasteiger partial charge in [-0.15, -0.1) is 12.4 Å². The molecule has 1 fully saturated rings. The molecule has 1 aromatic carbocycles. The molecule has 116 valence electrons. The predicted molar refractivity (Wildman–Crippen MR) is 88.1 cm³/mol. The first-order valence-electron chi connectivity index (χ1n) is 7.85. The summed E-state index contributed by atoms with van der Waals surface area (Å²) >= 11 is 0. The maximum atomic E-state index is 12.4. The fourth-order valence-electron chi connectivity index (χ4n) is 3.38. The number of hydrogen-bond donors (Lipinski definition) is 1. The molecule has 0 bridgehead atoms. The summed E-state index contributed by atoms with van der Waals surface area (Å²) in [6, 6.07) is 6.96. The van der Waals surface area contributed by atoms with Crippen LogP contribution in [0.3, 0.4) is 0 Å². The minimum absolute atomic E-state index is 0. The highest BCUT2D eigenvalue weighted by Crippen LogP contribution is 2.22. The Hall–Kier alpha value is -1.06.